The zero-order valence-corrected chi connectivity index (χ0v) is 14.6. The molecule has 1 unspecified atom stereocenters. The van der Waals surface area contributed by atoms with Crippen molar-refractivity contribution in [1.29, 1.82) is 0 Å². The number of carbonyl (C=O) groups excluding carboxylic acids is 1. The molecule has 1 atom stereocenters. The fourth-order valence-electron chi connectivity index (χ4n) is 4.08. The molecule has 1 aromatic heterocycles. The molecule has 2 aliphatic rings. The molecule has 3 rings (SSSR count). The molecule has 2 fully saturated rings. The van der Waals surface area contributed by atoms with E-state index in [4.69, 9.17) is 16.3 Å². The average molecular weight is 343 g/mol. The SMILES string of the molecule is Cc1cc(CN(C(=O)CCl)C2CCCC23CCOCC3)sn1. The number of alkyl halides is 1. The molecule has 0 radical (unpaired) electrons. The Balaban J connectivity index is 1.83. The molecular weight excluding hydrogens is 320 g/mol. The monoisotopic (exact) mass is 342 g/mol. The summed E-state index contributed by atoms with van der Waals surface area (Å²) in [6.07, 6.45) is 5.60. The van der Waals surface area contributed by atoms with Crippen LogP contribution in [0.5, 0.6) is 0 Å². The molecule has 0 bridgehead atoms. The van der Waals surface area contributed by atoms with Crippen LogP contribution in [-0.2, 0) is 16.1 Å². The van der Waals surface area contributed by atoms with Crippen molar-refractivity contribution in [3.05, 3.63) is 16.6 Å². The van der Waals surface area contributed by atoms with E-state index in [9.17, 15) is 4.79 Å². The van der Waals surface area contributed by atoms with E-state index in [-0.39, 0.29) is 17.2 Å². The Morgan fingerprint density at radius 3 is 2.91 bits per heavy atom. The maximum Gasteiger partial charge on any atom is 0.238 e. The van der Waals surface area contributed by atoms with Crippen LogP contribution in [0.4, 0.5) is 0 Å². The normalized spacial score (nSPS) is 23.8. The third-order valence-electron chi connectivity index (χ3n) is 5.16. The highest BCUT2D eigenvalue weighted by Gasteiger charge is 2.47. The summed E-state index contributed by atoms with van der Waals surface area (Å²) in [5.74, 6) is 0.103. The van der Waals surface area contributed by atoms with Gasteiger partial charge in [0.1, 0.15) is 5.88 Å². The van der Waals surface area contributed by atoms with Crippen LogP contribution < -0.4 is 0 Å². The summed E-state index contributed by atoms with van der Waals surface area (Å²) < 4.78 is 9.89. The van der Waals surface area contributed by atoms with Gasteiger partial charge in [-0.25, -0.2) is 0 Å². The van der Waals surface area contributed by atoms with E-state index in [2.05, 4.69) is 10.4 Å². The second-order valence-corrected chi connectivity index (χ2v) is 7.63. The number of hydrogen-bond acceptors (Lipinski definition) is 4. The van der Waals surface area contributed by atoms with Gasteiger partial charge in [0.05, 0.1) is 12.2 Å². The molecule has 0 aromatic carbocycles. The highest BCUT2D eigenvalue weighted by Crippen LogP contribution is 2.48. The standard InChI is InChI=1S/C16H23ClN2O2S/c1-12-9-13(22-18-12)11-19(15(20)10-17)14-3-2-4-16(14)5-7-21-8-6-16/h9,14H,2-8,10-11H2,1H3. The van der Waals surface area contributed by atoms with Gasteiger partial charge in [-0.2, -0.15) is 4.37 Å². The molecule has 1 spiro atoms. The summed E-state index contributed by atoms with van der Waals surface area (Å²) >= 11 is 7.38. The minimum absolute atomic E-state index is 0.0467. The lowest BCUT2D eigenvalue weighted by Gasteiger charge is -2.44. The van der Waals surface area contributed by atoms with Gasteiger partial charge in [0.15, 0.2) is 0 Å². The van der Waals surface area contributed by atoms with Gasteiger partial charge < -0.3 is 9.64 Å². The Bertz CT molecular complexity index is 528. The first-order chi connectivity index (χ1) is 10.6. The topological polar surface area (TPSA) is 42.4 Å². The number of ether oxygens (including phenoxy) is 1. The number of halogens is 1. The molecule has 1 aliphatic carbocycles. The van der Waals surface area contributed by atoms with Crippen LogP contribution in [-0.4, -0.2) is 40.3 Å². The largest absolute Gasteiger partial charge is 0.381 e. The van der Waals surface area contributed by atoms with Crippen molar-refractivity contribution in [2.45, 2.75) is 51.6 Å². The van der Waals surface area contributed by atoms with E-state index in [1.54, 1.807) is 0 Å². The highest BCUT2D eigenvalue weighted by atomic mass is 35.5. The van der Waals surface area contributed by atoms with Crippen molar-refractivity contribution < 1.29 is 9.53 Å². The van der Waals surface area contributed by atoms with Crippen molar-refractivity contribution in [2.75, 3.05) is 19.1 Å². The first-order valence-corrected chi connectivity index (χ1v) is 9.31. The second-order valence-electron chi connectivity index (χ2n) is 6.47. The van der Waals surface area contributed by atoms with E-state index >= 15 is 0 Å². The minimum Gasteiger partial charge on any atom is -0.381 e. The van der Waals surface area contributed by atoms with Crippen molar-refractivity contribution in [2.24, 2.45) is 5.41 Å². The Kier molecular flexibility index (Phi) is 5.05. The van der Waals surface area contributed by atoms with Crippen molar-refractivity contribution in [3.63, 3.8) is 0 Å². The van der Waals surface area contributed by atoms with Gasteiger partial charge in [0.2, 0.25) is 5.91 Å². The number of nitrogens with zero attached hydrogens (tertiary/aromatic N) is 2. The van der Waals surface area contributed by atoms with Crippen LogP contribution in [0.25, 0.3) is 0 Å². The molecule has 2 heterocycles. The summed E-state index contributed by atoms with van der Waals surface area (Å²) in [6.45, 7) is 4.27. The molecule has 1 saturated carbocycles. The molecule has 1 amide bonds. The van der Waals surface area contributed by atoms with Crippen LogP contribution >= 0.6 is 23.1 Å². The minimum atomic E-state index is 0.0467. The molecule has 22 heavy (non-hydrogen) atoms. The van der Waals surface area contributed by atoms with Crippen LogP contribution in [0.2, 0.25) is 0 Å². The Hall–Kier alpha value is -0.650. The van der Waals surface area contributed by atoms with Gasteiger partial charge in [-0.05, 0) is 55.6 Å². The third kappa shape index (κ3) is 3.17. The zero-order chi connectivity index (χ0) is 15.6. The molecule has 1 aromatic rings. The van der Waals surface area contributed by atoms with Crippen molar-refractivity contribution in [3.8, 4) is 0 Å². The van der Waals surface area contributed by atoms with Gasteiger partial charge in [0, 0.05) is 24.1 Å². The molecule has 6 heteroatoms. The molecular formula is C16H23ClN2O2S. The maximum absolute atomic E-state index is 12.5. The third-order valence-corrected chi connectivity index (χ3v) is 6.25. The van der Waals surface area contributed by atoms with E-state index in [0.717, 1.165) is 43.0 Å². The number of amides is 1. The molecule has 1 saturated heterocycles. The van der Waals surface area contributed by atoms with Gasteiger partial charge in [0.25, 0.3) is 0 Å². The lowest BCUT2D eigenvalue weighted by molar-refractivity contribution is -0.136. The highest BCUT2D eigenvalue weighted by molar-refractivity contribution is 7.05. The summed E-state index contributed by atoms with van der Waals surface area (Å²) in [5.41, 5.74) is 1.25. The van der Waals surface area contributed by atoms with Gasteiger partial charge in [-0.3, -0.25) is 4.79 Å². The first-order valence-electron chi connectivity index (χ1n) is 8.00. The predicted molar refractivity (Wildman–Crippen MR) is 88.2 cm³/mol. The fraction of sp³-hybridized carbons (Fsp3) is 0.750. The molecule has 4 nitrogen and oxygen atoms in total. The zero-order valence-electron chi connectivity index (χ0n) is 13.0. The first kappa shape index (κ1) is 16.2. The smallest absolute Gasteiger partial charge is 0.238 e. The van der Waals surface area contributed by atoms with E-state index in [1.807, 2.05) is 11.8 Å². The molecule has 122 valence electrons. The average Bonchev–Trinajstić information content (AvgIpc) is 3.12. The Morgan fingerprint density at radius 1 is 1.50 bits per heavy atom. The number of hydrogen-bond donors (Lipinski definition) is 0. The summed E-state index contributed by atoms with van der Waals surface area (Å²) in [5, 5.41) is 0. The number of aryl methyl sites for hydroxylation is 1. The Morgan fingerprint density at radius 2 is 2.27 bits per heavy atom. The van der Waals surface area contributed by atoms with Crippen LogP contribution in [0.1, 0.15) is 42.7 Å². The van der Waals surface area contributed by atoms with Crippen molar-refractivity contribution >= 4 is 29.0 Å². The molecule has 0 N–H and O–H groups in total. The lowest BCUT2D eigenvalue weighted by atomic mass is 9.75. The number of carbonyl (C=O) groups is 1. The van der Waals surface area contributed by atoms with Crippen LogP contribution in [0.15, 0.2) is 6.07 Å². The number of rotatable bonds is 4. The summed E-state index contributed by atoms with van der Waals surface area (Å²) in [7, 11) is 0. The van der Waals surface area contributed by atoms with Gasteiger partial charge in [-0.1, -0.05) is 6.42 Å². The van der Waals surface area contributed by atoms with Gasteiger partial charge >= 0.3 is 0 Å². The maximum atomic E-state index is 12.5. The quantitative estimate of drug-likeness (QED) is 0.788. The van der Waals surface area contributed by atoms with Crippen LogP contribution in [0, 0.1) is 12.3 Å². The van der Waals surface area contributed by atoms with E-state index in [1.165, 1.54) is 24.4 Å². The predicted octanol–water partition coefficient (Wildman–Crippen LogP) is 3.37. The second kappa shape index (κ2) is 6.85. The summed E-state index contributed by atoms with van der Waals surface area (Å²) in [4.78, 5) is 15.7. The fourth-order valence-corrected chi connectivity index (χ4v) is 4.96. The van der Waals surface area contributed by atoms with E-state index < -0.39 is 0 Å². The number of aromatic nitrogens is 1. The van der Waals surface area contributed by atoms with E-state index in [0.29, 0.717) is 12.6 Å². The summed E-state index contributed by atoms with van der Waals surface area (Å²) in [6, 6.07) is 2.37. The molecule has 1 aliphatic heterocycles. The van der Waals surface area contributed by atoms with Crippen molar-refractivity contribution in [1.82, 2.24) is 9.27 Å². The van der Waals surface area contributed by atoms with Crippen LogP contribution in [0.3, 0.4) is 0 Å². The van der Waals surface area contributed by atoms with Gasteiger partial charge in [-0.15, -0.1) is 11.6 Å². The Labute approximate surface area is 141 Å². The lowest BCUT2D eigenvalue weighted by Crippen LogP contribution is -2.49.